The van der Waals surface area contributed by atoms with Crippen LogP contribution >= 0.6 is 0 Å². The van der Waals surface area contributed by atoms with Crippen molar-refractivity contribution < 1.29 is 8.85 Å². The highest BCUT2D eigenvalue weighted by Gasteiger charge is 2.29. The van der Waals surface area contributed by atoms with Gasteiger partial charge in [0.2, 0.25) is 0 Å². The molecule has 0 saturated carbocycles. The zero-order valence-corrected chi connectivity index (χ0v) is 9.43. The summed E-state index contributed by atoms with van der Waals surface area (Å²) in [5.74, 6) is 0. The summed E-state index contributed by atoms with van der Waals surface area (Å²) >= 11 is 0. The van der Waals surface area contributed by atoms with E-state index < -0.39 is 8.56 Å². The lowest BCUT2D eigenvalue weighted by Gasteiger charge is -2.25. The molecule has 0 heterocycles. The van der Waals surface area contributed by atoms with Crippen LogP contribution in [-0.2, 0) is 8.85 Å². The first-order chi connectivity index (χ1) is 5.68. The van der Waals surface area contributed by atoms with E-state index in [0.29, 0.717) is 0 Å². The van der Waals surface area contributed by atoms with Gasteiger partial charge < -0.3 is 14.6 Å². The van der Waals surface area contributed by atoms with Crippen molar-refractivity contribution in [1.29, 1.82) is 0 Å². The summed E-state index contributed by atoms with van der Waals surface area (Å²) < 4.78 is 11.3. The van der Waals surface area contributed by atoms with Crippen molar-refractivity contribution in [1.82, 2.24) is 0 Å². The van der Waals surface area contributed by atoms with Crippen molar-refractivity contribution in [3.05, 3.63) is 0 Å². The van der Waals surface area contributed by atoms with Gasteiger partial charge in [-0.25, -0.2) is 0 Å². The second-order valence-corrected chi connectivity index (χ2v) is 6.24. The van der Waals surface area contributed by atoms with Crippen LogP contribution in [0.4, 0.5) is 0 Å². The zero-order chi connectivity index (χ0) is 9.45. The lowest BCUT2D eigenvalue weighted by atomic mass is 10.5. The van der Waals surface area contributed by atoms with Crippen LogP contribution in [0.15, 0.2) is 0 Å². The van der Waals surface area contributed by atoms with Crippen molar-refractivity contribution in [2.75, 3.05) is 19.8 Å². The summed E-state index contributed by atoms with van der Waals surface area (Å²) in [5, 5.41) is 0. The molecular weight excluding hydrogens is 198 g/mol. The van der Waals surface area contributed by atoms with Gasteiger partial charge in [0.05, 0.1) is 0 Å². The van der Waals surface area contributed by atoms with Crippen LogP contribution in [0.3, 0.4) is 0 Å². The molecule has 2 N–H and O–H groups in total. The minimum absolute atomic E-state index is 0. The molecule has 5 heteroatoms. The molecule has 0 radical (unpaired) electrons. The Balaban J connectivity index is 0. The van der Waals surface area contributed by atoms with Crippen molar-refractivity contribution in [2.24, 2.45) is 5.73 Å². The van der Waals surface area contributed by atoms with Crippen molar-refractivity contribution >= 4 is 19.5 Å². The average molecular weight is 223 g/mol. The van der Waals surface area contributed by atoms with Gasteiger partial charge >= 0.3 is 8.56 Å². The van der Waals surface area contributed by atoms with Gasteiger partial charge in [-0.15, -0.1) is 0 Å². The molecule has 0 aliphatic heterocycles. The molecule has 0 aromatic carbocycles. The molecule has 0 amide bonds. The van der Waals surface area contributed by atoms with Gasteiger partial charge in [0.25, 0.3) is 0 Å². The molecule has 0 rings (SSSR count). The fourth-order valence-corrected chi connectivity index (χ4v) is 3.66. The summed E-state index contributed by atoms with van der Waals surface area (Å²) in [4.78, 5) is 0. The number of nitrogens with two attached hydrogens (primary N) is 1. The van der Waals surface area contributed by atoms with Crippen LogP contribution in [0.2, 0.25) is 12.6 Å². The van der Waals surface area contributed by atoms with Gasteiger partial charge in [0.1, 0.15) is 0 Å². The highest BCUT2D eigenvalue weighted by atomic mass is 28.4. The van der Waals surface area contributed by atoms with Crippen molar-refractivity contribution in [3.8, 4) is 0 Å². The molecule has 0 aliphatic rings. The third-order valence-electron chi connectivity index (χ3n) is 1.73. The molecule has 0 unspecified atom stereocenters. The monoisotopic (exact) mass is 223 g/mol. The van der Waals surface area contributed by atoms with E-state index in [2.05, 4.69) is 6.55 Å². The zero-order valence-electron chi connectivity index (χ0n) is 8.43. The first-order valence-corrected chi connectivity index (χ1v) is 7.19. The van der Waals surface area contributed by atoms with Crippen molar-refractivity contribution in [3.63, 3.8) is 0 Å². The van der Waals surface area contributed by atoms with Gasteiger partial charge in [-0.2, -0.15) is 0 Å². The standard InChI is InChI=1S/C8H21NO2Si.H4Si/c1-4-10-12(3,11-5-2)8-6-7-9;/h4-9H2,1-3H3;1H4. The van der Waals surface area contributed by atoms with Gasteiger partial charge in [-0.1, -0.05) is 0 Å². The maximum Gasteiger partial charge on any atom is 0.334 e. The Morgan fingerprint density at radius 3 is 1.92 bits per heavy atom. The Morgan fingerprint density at radius 1 is 1.15 bits per heavy atom. The first kappa shape index (κ1) is 15.8. The Hall–Kier alpha value is 0.314. The summed E-state index contributed by atoms with van der Waals surface area (Å²) in [5.41, 5.74) is 5.44. The number of rotatable bonds is 7. The number of hydrogen-bond donors (Lipinski definition) is 1. The molecule has 0 aliphatic carbocycles. The van der Waals surface area contributed by atoms with E-state index >= 15 is 0 Å². The first-order valence-electron chi connectivity index (χ1n) is 4.66. The topological polar surface area (TPSA) is 44.5 Å². The Bertz CT molecular complexity index is 108. The largest absolute Gasteiger partial charge is 0.395 e. The summed E-state index contributed by atoms with van der Waals surface area (Å²) in [6.45, 7) is 8.33. The maximum atomic E-state index is 5.63. The van der Waals surface area contributed by atoms with Gasteiger partial charge in [0.15, 0.2) is 0 Å². The van der Waals surface area contributed by atoms with E-state index in [1.165, 1.54) is 0 Å². The molecule has 0 bridgehead atoms. The van der Waals surface area contributed by atoms with Gasteiger partial charge in [-0.3, -0.25) is 0 Å². The molecule has 0 fully saturated rings. The minimum Gasteiger partial charge on any atom is -0.395 e. The summed E-state index contributed by atoms with van der Waals surface area (Å²) in [7, 11) is -1.85. The van der Waals surface area contributed by atoms with E-state index in [-0.39, 0.29) is 11.0 Å². The molecule has 0 aromatic heterocycles. The Labute approximate surface area is 87.3 Å². The van der Waals surface area contributed by atoms with E-state index in [1.54, 1.807) is 0 Å². The average Bonchev–Trinajstić information content (AvgIpc) is 2.02. The smallest absolute Gasteiger partial charge is 0.334 e. The third-order valence-corrected chi connectivity index (χ3v) is 4.79. The summed E-state index contributed by atoms with van der Waals surface area (Å²) in [6.07, 6.45) is 1.00. The number of hydrogen-bond acceptors (Lipinski definition) is 3. The fraction of sp³-hybridized carbons (Fsp3) is 1.00. The van der Waals surface area contributed by atoms with Gasteiger partial charge in [-0.05, 0) is 50.4 Å². The molecule has 0 atom stereocenters. The van der Waals surface area contributed by atoms with Crippen LogP contribution < -0.4 is 5.73 Å². The third kappa shape index (κ3) is 7.39. The molecule has 0 saturated heterocycles. The molecule has 13 heavy (non-hydrogen) atoms. The van der Waals surface area contributed by atoms with E-state index in [1.807, 2.05) is 13.8 Å². The van der Waals surface area contributed by atoms with Crippen LogP contribution in [0.1, 0.15) is 20.3 Å². The minimum atomic E-state index is -1.85. The quantitative estimate of drug-likeness (QED) is 0.619. The van der Waals surface area contributed by atoms with Crippen LogP contribution in [0.25, 0.3) is 0 Å². The second kappa shape index (κ2) is 8.89. The Morgan fingerprint density at radius 2 is 1.62 bits per heavy atom. The molecular formula is C8H25NO2Si2. The van der Waals surface area contributed by atoms with E-state index in [9.17, 15) is 0 Å². The van der Waals surface area contributed by atoms with E-state index in [4.69, 9.17) is 14.6 Å². The van der Waals surface area contributed by atoms with Crippen LogP contribution in [0, 0.1) is 0 Å². The lowest BCUT2D eigenvalue weighted by molar-refractivity contribution is 0.188. The molecule has 0 aromatic rings. The molecule has 3 nitrogen and oxygen atoms in total. The fourth-order valence-electron chi connectivity index (χ4n) is 1.22. The molecule has 82 valence electrons. The predicted octanol–water partition coefficient (Wildman–Crippen LogP) is 0.0286. The summed E-state index contributed by atoms with van der Waals surface area (Å²) in [6, 6.07) is 1.01. The molecule has 0 spiro atoms. The van der Waals surface area contributed by atoms with Crippen LogP contribution in [-0.4, -0.2) is 39.3 Å². The van der Waals surface area contributed by atoms with Gasteiger partial charge in [0, 0.05) is 13.2 Å². The lowest BCUT2D eigenvalue weighted by Crippen LogP contribution is -2.39. The van der Waals surface area contributed by atoms with E-state index in [0.717, 1.165) is 32.2 Å². The SMILES string of the molecule is CCO[Si](C)(CCCN)OCC.[SiH4]. The Kier molecular flexibility index (Phi) is 10.8. The second-order valence-electron chi connectivity index (χ2n) is 2.89. The van der Waals surface area contributed by atoms with Crippen molar-refractivity contribution in [2.45, 2.75) is 32.9 Å². The highest BCUT2D eigenvalue weighted by Crippen LogP contribution is 2.14. The predicted molar refractivity (Wildman–Crippen MR) is 64.7 cm³/mol. The normalized spacial score (nSPS) is 11.1. The van der Waals surface area contributed by atoms with Crippen LogP contribution in [0.5, 0.6) is 0 Å². The maximum absolute atomic E-state index is 5.63. The highest BCUT2D eigenvalue weighted by molar-refractivity contribution is 6.66.